The Balaban J connectivity index is 1.81. The second-order valence-corrected chi connectivity index (χ2v) is 6.25. The Morgan fingerprint density at radius 3 is 2.75 bits per heavy atom. The molecule has 1 aromatic carbocycles. The van der Waals surface area contributed by atoms with Crippen LogP contribution in [-0.4, -0.2) is 31.3 Å². The summed E-state index contributed by atoms with van der Waals surface area (Å²) in [6.45, 7) is 0.333. The molecule has 28 heavy (non-hydrogen) atoms. The summed E-state index contributed by atoms with van der Waals surface area (Å²) in [4.78, 5) is 22.0. The van der Waals surface area contributed by atoms with Crippen LogP contribution in [0.15, 0.2) is 70.5 Å². The maximum Gasteiger partial charge on any atom is 0.262 e. The zero-order valence-corrected chi connectivity index (χ0v) is 14.9. The fraction of sp³-hybridized carbons (Fsp3) is 0.100. The number of hydrogen-bond acceptors (Lipinski definition) is 6. The number of ether oxygens (including phenoxy) is 1. The van der Waals surface area contributed by atoms with E-state index in [0.717, 1.165) is 11.3 Å². The third-order valence-corrected chi connectivity index (χ3v) is 4.61. The van der Waals surface area contributed by atoms with Gasteiger partial charge in [0.1, 0.15) is 17.8 Å². The molecule has 8 heteroatoms. The van der Waals surface area contributed by atoms with Crippen molar-refractivity contribution in [2.24, 2.45) is 0 Å². The third kappa shape index (κ3) is 2.54. The highest BCUT2D eigenvalue weighted by atomic mass is 16.5. The summed E-state index contributed by atoms with van der Waals surface area (Å²) in [5.41, 5.74) is 1.84. The molecule has 8 nitrogen and oxygen atoms in total. The normalized spacial score (nSPS) is 11.3. The van der Waals surface area contributed by atoms with Crippen molar-refractivity contribution < 1.29 is 9.15 Å². The topological polar surface area (TPSA) is 87.5 Å². The maximum absolute atomic E-state index is 13.3. The lowest BCUT2D eigenvalue weighted by molar-refractivity contribution is 0.415. The van der Waals surface area contributed by atoms with Crippen LogP contribution in [0.4, 0.5) is 0 Å². The minimum absolute atomic E-state index is 0.176. The molecule has 0 bridgehead atoms. The molecule has 138 valence electrons. The van der Waals surface area contributed by atoms with E-state index in [1.54, 1.807) is 40.8 Å². The van der Waals surface area contributed by atoms with Crippen molar-refractivity contribution in [3.8, 4) is 17.0 Å². The number of aromatic nitrogens is 5. The summed E-state index contributed by atoms with van der Waals surface area (Å²) in [5, 5.41) is 4.75. The van der Waals surface area contributed by atoms with Gasteiger partial charge in [-0.2, -0.15) is 14.6 Å². The van der Waals surface area contributed by atoms with Gasteiger partial charge in [-0.1, -0.05) is 0 Å². The van der Waals surface area contributed by atoms with Crippen LogP contribution in [0.1, 0.15) is 5.76 Å². The van der Waals surface area contributed by atoms with Crippen molar-refractivity contribution in [1.82, 2.24) is 24.1 Å². The average Bonchev–Trinajstić information content (AvgIpc) is 3.40. The first-order valence-electron chi connectivity index (χ1n) is 8.64. The molecule has 0 aliphatic carbocycles. The molecule has 0 radical (unpaired) electrons. The van der Waals surface area contributed by atoms with Crippen LogP contribution in [0.5, 0.6) is 5.75 Å². The van der Waals surface area contributed by atoms with Crippen molar-refractivity contribution in [2.45, 2.75) is 6.54 Å². The summed E-state index contributed by atoms with van der Waals surface area (Å²) in [7, 11) is 1.61. The smallest absolute Gasteiger partial charge is 0.262 e. The molecule has 4 heterocycles. The Morgan fingerprint density at radius 2 is 2.00 bits per heavy atom. The lowest BCUT2D eigenvalue weighted by Crippen LogP contribution is -2.21. The fourth-order valence-electron chi connectivity index (χ4n) is 3.27. The Labute approximate surface area is 158 Å². The average molecular weight is 373 g/mol. The van der Waals surface area contributed by atoms with Gasteiger partial charge in [-0.25, -0.2) is 4.98 Å². The van der Waals surface area contributed by atoms with Gasteiger partial charge >= 0.3 is 0 Å². The lowest BCUT2D eigenvalue weighted by atomic mass is 10.1. The van der Waals surface area contributed by atoms with Crippen molar-refractivity contribution >= 4 is 16.7 Å². The van der Waals surface area contributed by atoms with E-state index in [1.807, 2.05) is 30.3 Å². The largest absolute Gasteiger partial charge is 0.497 e. The summed E-state index contributed by atoms with van der Waals surface area (Å²) >= 11 is 0. The van der Waals surface area contributed by atoms with Crippen LogP contribution < -0.4 is 10.3 Å². The van der Waals surface area contributed by atoms with E-state index in [2.05, 4.69) is 15.1 Å². The Kier molecular flexibility index (Phi) is 3.68. The zero-order chi connectivity index (χ0) is 19.1. The molecule has 5 aromatic rings. The fourth-order valence-corrected chi connectivity index (χ4v) is 3.27. The van der Waals surface area contributed by atoms with Crippen LogP contribution in [0, 0.1) is 0 Å². The SMILES string of the molecule is COc1ccc(-c2c3c(=O)n(Cc4ccco4)ccc3nc3ncnn23)cc1. The minimum atomic E-state index is -0.176. The van der Waals surface area contributed by atoms with Gasteiger partial charge in [0.05, 0.1) is 36.5 Å². The minimum Gasteiger partial charge on any atom is -0.497 e. The van der Waals surface area contributed by atoms with Crippen molar-refractivity contribution in [3.05, 3.63) is 77.4 Å². The van der Waals surface area contributed by atoms with Gasteiger partial charge < -0.3 is 13.7 Å². The Bertz CT molecular complexity index is 1330. The highest BCUT2D eigenvalue weighted by molar-refractivity contribution is 5.93. The number of hydrogen-bond donors (Lipinski definition) is 0. The number of rotatable bonds is 4. The summed E-state index contributed by atoms with van der Waals surface area (Å²) < 4.78 is 13.8. The molecular weight excluding hydrogens is 358 g/mol. The summed E-state index contributed by atoms with van der Waals surface area (Å²) in [6.07, 6.45) is 4.73. The van der Waals surface area contributed by atoms with Gasteiger partial charge in [-0.05, 0) is 42.5 Å². The first-order valence-corrected chi connectivity index (χ1v) is 8.64. The van der Waals surface area contributed by atoms with Crippen molar-refractivity contribution in [3.63, 3.8) is 0 Å². The zero-order valence-electron chi connectivity index (χ0n) is 14.9. The van der Waals surface area contributed by atoms with Crippen molar-refractivity contribution in [1.29, 1.82) is 0 Å². The van der Waals surface area contributed by atoms with Crippen molar-refractivity contribution in [2.75, 3.05) is 7.11 Å². The highest BCUT2D eigenvalue weighted by Gasteiger charge is 2.17. The first-order chi connectivity index (χ1) is 13.7. The predicted octanol–water partition coefficient (Wildman–Crippen LogP) is 2.76. The van der Waals surface area contributed by atoms with Crippen LogP contribution in [0.2, 0.25) is 0 Å². The monoisotopic (exact) mass is 373 g/mol. The van der Waals surface area contributed by atoms with Gasteiger partial charge in [-0.15, -0.1) is 0 Å². The predicted molar refractivity (Wildman–Crippen MR) is 102 cm³/mol. The standard InChI is InChI=1S/C20H15N5O3/c1-27-14-6-4-13(5-7-14)18-17-16(23-20-21-12-22-25(18)20)8-9-24(19(17)26)11-15-3-2-10-28-15/h2-10,12H,11H2,1H3. The highest BCUT2D eigenvalue weighted by Crippen LogP contribution is 2.27. The number of methoxy groups -OCH3 is 1. The van der Waals surface area contributed by atoms with E-state index in [9.17, 15) is 4.79 Å². The summed E-state index contributed by atoms with van der Waals surface area (Å²) in [5.74, 6) is 1.86. The number of fused-ring (bicyclic) bond motifs is 2. The van der Waals surface area contributed by atoms with Gasteiger partial charge in [-0.3, -0.25) is 4.79 Å². The second-order valence-electron chi connectivity index (χ2n) is 6.25. The van der Waals surface area contributed by atoms with E-state index in [4.69, 9.17) is 9.15 Å². The molecule has 0 aliphatic rings. The molecule has 0 fully saturated rings. The van der Waals surface area contributed by atoms with E-state index in [-0.39, 0.29) is 5.56 Å². The van der Waals surface area contributed by atoms with E-state index in [0.29, 0.717) is 34.7 Å². The number of furan rings is 1. The molecule has 0 saturated carbocycles. The molecule has 4 aromatic heterocycles. The van der Waals surface area contributed by atoms with Crippen LogP contribution in [-0.2, 0) is 6.54 Å². The van der Waals surface area contributed by atoms with Crippen LogP contribution in [0.3, 0.4) is 0 Å². The van der Waals surface area contributed by atoms with Gasteiger partial charge in [0.25, 0.3) is 11.3 Å². The van der Waals surface area contributed by atoms with Gasteiger partial charge in [0.15, 0.2) is 0 Å². The molecule has 0 N–H and O–H groups in total. The Hall–Kier alpha value is -3.94. The van der Waals surface area contributed by atoms with Crippen LogP contribution in [0.25, 0.3) is 27.9 Å². The van der Waals surface area contributed by atoms with Crippen LogP contribution >= 0.6 is 0 Å². The van der Waals surface area contributed by atoms with E-state index >= 15 is 0 Å². The molecular formula is C20H15N5O3. The van der Waals surface area contributed by atoms with E-state index < -0.39 is 0 Å². The van der Waals surface area contributed by atoms with Gasteiger partial charge in [0.2, 0.25) is 0 Å². The maximum atomic E-state index is 13.3. The molecule has 5 rings (SSSR count). The number of pyridine rings is 1. The molecule has 0 unspecified atom stereocenters. The first kappa shape index (κ1) is 16.2. The third-order valence-electron chi connectivity index (χ3n) is 4.61. The number of nitrogens with zero attached hydrogens (tertiary/aromatic N) is 5. The molecule has 0 amide bonds. The Morgan fingerprint density at radius 1 is 1.14 bits per heavy atom. The lowest BCUT2D eigenvalue weighted by Gasteiger charge is -2.11. The summed E-state index contributed by atoms with van der Waals surface area (Å²) in [6, 6.07) is 12.9. The molecule has 0 atom stereocenters. The van der Waals surface area contributed by atoms with E-state index in [1.165, 1.54) is 6.33 Å². The second kappa shape index (κ2) is 6.34. The molecule has 0 saturated heterocycles. The molecule has 0 spiro atoms. The van der Waals surface area contributed by atoms with Gasteiger partial charge in [0, 0.05) is 11.8 Å². The molecule has 0 aliphatic heterocycles. The number of benzene rings is 1. The quantitative estimate of drug-likeness (QED) is 0.481.